The lowest BCUT2D eigenvalue weighted by Gasteiger charge is -2.30. The van der Waals surface area contributed by atoms with Crippen LogP contribution in [-0.2, 0) is 6.54 Å². The molecule has 1 fully saturated rings. The van der Waals surface area contributed by atoms with Gasteiger partial charge in [-0.2, -0.15) is 0 Å². The van der Waals surface area contributed by atoms with Crippen LogP contribution in [0.15, 0.2) is 42.5 Å². The van der Waals surface area contributed by atoms with Crippen LogP contribution in [0, 0.1) is 6.92 Å². The summed E-state index contributed by atoms with van der Waals surface area (Å²) < 4.78 is 16.6. The molecule has 28 heavy (non-hydrogen) atoms. The predicted molar refractivity (Wildman–Crippen MR) is 105 cm³/mol. The molecular formula is C22H30N2O4+2. The molecule has 0 spiro atoms. The standard InChI is InChI=1S/C22H28N2O4/c1-17-3-2-4-20(11-17)26-15-19(25)14-24-9-7-23(8-10-24)13-18-5-6-21-22(12-18)28-16-27-21/h2-6,11-12,19,25H,7-10,13-16H2,1H3/p+2/t19-/m0/s1. The van der Waals surface area contributed by atoms with Crippen LogP contribution in [0.4, 0.5) is 0 Å². The van der Waals surface area contributed by atoms with Crippen molar-refractivity contribution in [1.29, 1.82) is 0 Å². The summed E-state index contributed by atoms with van der Waals surface area (Å²) in [5.41, 5.74) is 2.45. The molecule has 3 N–H and O–H groups in total. The normalized spacial score (nSPS) is 22.1. The molecule has 4 rings (SSSR count). The number of nitrogens with one attached hydrogen (secondary N) is 2. The first-order valence-electron chi connectivity index (χ1n) is 10.1. The van der Waals surface area contributed by atoms with Crippen molar-refractivity contribution in [3.8, 4) is 17.2 Å². The molecule has 2 aromatic carbocycles. The Morgan fingerprint density at radius 3 is 2.61 bits per heavy atom. The zero-order valence-corrected chi connectivity index (χ0v) is 16.4. The van der Waals surface area contributed by atoms with Gasteiger partial charge in [0, 0.05) is 5.56 Å². The highest BCUT2D eigenvalue weighted by Crippen LogP contribution is 2.32. The molecular weight excluding hydrogens is 356 g/mol. The Balaban J connectivity index is 1.18. The van der Waals surface area contributed by atoms with E-state index in [0.717, 1.165) is 56.5 Å². The van der Waals surface area contributed by atoms with Gasteiger partial charge in [-0.05, 0) is 42.8 Å². The van der Waals surface area contributed by atoms with Gasteiger partial charge in [-0.15, -0.1) is 0 Å². The van der Waals surface area contributed by atoms with Gasteiger partial charge in [-0.1, -0.05) is 12.1 Å². The molecule has 150 valence electrons. The lowest BCUT2D eigenvalue weighted by atomic mass is 10.1. The van der Waals surface area contributed by atoms with Crippen LogP contribution in [0.5, 0.6) is 17.2 Å². The SMILES string of the molecule is Cc1cccc(OC[C@@H](O)C[NH+]2CC[NH+](Cc3ccc4c(c3)OCO4)CC2)c1. The van der Waals surface area contributed by atoms with Crippen LogP contribution in [0.25, 0.3) is 0 Å². The zero-order valence-electron chi connectivity index (χ0n) is 16.4. The summed E-state index contributed by atoms with van der Waals surface area (Å²) >= 11 is 0. The Morgan fingerprint density at radius 1 is 1.00 bits per heavy atom. The third-order valence-corrected chi connectivity index (χ3v) is 5.51. The van der Waals surface area contributed by atoms with Crippen molar-refractivity contribution in [2.75, 3.05) is 46.1 Å². The van der Waals surface area contributed by atoms with Gasteiger partial charge in [0.15, 0.2) is 11.5 Å². The summed E-state index contributed by atoms with van der Waals surface area (Å²) in [5, 5.41) is 10.3. The van der Waals surface area contributed by atoms with E-state index in [0.29, 0.717) is 13.4 Å². The first-order valence-corrected chi connectivity index (χ1v) is 10.1. The van der Waals surface area contributed by atoms with E-state index >= 15 is 0 Å². The smallest absolute Gasteiger partial charge is 0.231 e. The molecule has 6 nitrogen and oxygen atoms in total. The number of aryl methyl sites for hydroxylation is 1. The first-order chi connectivity index (χ1) is 13.7. The fraction of sp³-hybridized carbons (Fsp3) is 0.455. The third kappa shape index (κ3) is 4.95. The highest BCUT2D eigenvalue weighted by molar-refractivity contribution is 5.44. The number of aliphatic hydroxyl groups excluding tert-OH is 1. The van der Waals surface area contributed by atoms with Gasteiger partial charge in [-0.25, -0.2) is 0 Å². The fourth-order valence-corrected chi connectivity index (χ4v) is 3.97. The number of rotatable bonds is 7. The predicted octanol–water partition coefficient (Wildman–Crippen LogP) is -0.553. The van der Waals surface area contributed by atoms with E-state index in [-0.39, 0.29) is 0 Å². The monoisotopic (exact) mass is 386 g/mol. The average molecular weight is 386 g/mol. The number of hydrogen-bond donors (Lipinski definition) is 3. The molecule has 1 saturated heterocycles. The van der Waals surface area contributed by atoms with E-state index in [1.54, 1.807) is 4.90 Å². The Hall–Kier alpha value is -2.28. The van der Waals surface area contributed by atoms with Crippen molar-refractivity contribution in [3.63, 3.8) is 0 Å². The van der Waals surface area contributed by atoms with Crippen molar-refractivity contribution in [3.05, 3.63) is 53.6 Å². The minimum atomic E-state index is -0.439. The first kappa shape index (κ1) is 19.1. The fourth-order valence-electron chi connectivity index (χ4n) is 3.97. The maximum Gasteiger partial charge on any atom is 0.231 e. The summed E-state index contributed by atoms with van der Waals surface area (Å²) in [4.78, 5) is 3.03. The Labute approximate surface area is 166 Å². The highest BCUT2D eigenvalue weighted by atomic mass is 16.7. The van der Waals surface area contributed by atoms with Gasteiger partial charge in [0.25, 0.3) is 0 Å². The van der Waals surface area contributed by atoms with Crippen LogP contribution in [0.3, 0.4) is 0 Å². The summed E-state index contributed by atoms with van der Waals surface area (Å²) in [7, 11) is 0. The molecule has 0 saturated carbocycles. The summed E-state index contributed by atoms with van der Waals surface area (Å²) in [6.07, 6.45) is -0.439. The summed E-state index contributed by atoms with van der Waals surface area (Å²) in [6.45, 7) is 8.81. The Kier molecular flexibility index (Phi) is 6.00. The number of piperazine rings is 1. The van der Waals surface area contributed by atoms with Crippen molar-refractivity contribution in [2.24, 2.45) is 0 Å². The summed E-state index contributed by atoms with van der Waals surface area (Å²) in [6, 6.07) is 14.2. The average Bonchev–Trinajstić information content (AvgIpc) is 3.16. The molecule has 0 bridgehead atoms. The molecule has 2 aliphatic heterocycles. The van der Waals surface area contributed by atoms with Crippen molar-refractivity contribution >= 4 is 0 Å². The second kappa shape index (κ2) is 8.82. The molecule has 0 aliphatic carbocycles. The van der Waals surface area contributed by atoms with E-state index < -0.39 is 6.10 Å². The van der Waals surface area contributed by atoms with E-state index in [1.165, 1.54) is 16.0 Å². The van der Waals surface area contributed by atoms with Gasteiger partial charge in [0.05, 0.1) is 0 Å². The van der Waals surface area contributed by atoms with Crippen molar-refractivity contribution in [2.45, 2.75) is 19.6 Å². The minimum Gasteiger partial charge on any atom is -0.491 e. The number of benzene rings is 2. The van der Waals surface area contributed by atoms with Gasteiger partial charge < -0.3 is 29.1 Å². The molecule has 0 amide bonds. The number of quaternary nitrogens is 2. The molecule has 2 heterocycles. The van der Waals surface area contributed by atoms with Crippen LogP contribution in [0.1, 0.15) is 11.1 Å². The Bertz CT molecular complexity index is 790. The number of aliphatic hydroxyl groups is 1. The minimum absolute atomic E-state index is 0.323. The molecule has 2 aliphatic rings. The molecule has 0 radical (unpaired) electrons. The third-order valence-electron chi connectivity index (χ3n) is 5.51. The van der Waals surface area contributed by atoms with Crippen molar-refractivity contribution in [1.82, 2.24) is 0 Å². The zero-order chi connectivity index (χ0) is 19.3. The second-order valence-electron chi connectivity index (χ2n) is 7.85. The van der Waals surface area contributed by atoms with E-state index in [9.17, 15) is 5.11 Å². The van der Waals surface area contributed by atoms with E-state index in [1.807, 2.05) is 37.3 Å². The van der Waals surface area contributed by atoms with Crippen LogP contribution in [-0.4, -0.2) is 57.3 Å². The van der Waals surface area contributed by atoms with Crippen LogP contribution >= 0.6 is 0 Å². The van der Waals surface area contributed by atoms with E-state index in [4.69, 9.17) is 14.2 Å². The maximum absolute atomic E-state index is 10.3. The second-order valence-corrected chi connectivity index (χ2v) is 7.85. The lowest BCUT2D eigenvalue weighted by molar-refractivity contribution is -1.02. The Morgan fingerprint density at radius 2 is 1.79 bits per heavy atom. The van der Waals surface area contributed by atoms with E-state index in [2.05, 4.69) is 12.1 Å². The topological polar surface area (TPSA) is 56.8 Å². The molecule has 0 aromatic heterocycles. The molecule has 1 atom stereocenters. The molecule has 6 heteroatoms. The van der Waals surface area contributed by atoms with Gasteiger partial charge in [0.2, 0.25) is 6.79 Å². The number of ether oxygens (including phenoxy) is 3. The quantitative estimate of drug-likeness (QED) is 0.598. The van der Waals surface area contributed by atoms with Crippen molar-refractivity contribution < 1.29 is 29.1 Å². The summed E-state index contributed by atoms with van der Waals surface area (Å²) in [5.74, 6) is 2.53. The van der Waals surface area contributed by atoms with Crippen LogP contribution in [0.2, 0.25) is 0 Å². The maximum atomic E-state index is 10.3. The lowest BCUT2D eigenvalue weighted by Crippen LogP contribution is -3.28. The van der Waals surface area contributed by atoms with Gasteiger partial charge in [0.1, 0.15) is 57.7 Å². The van der Waals surface area contributed by atoms with Gasteiger partial charge in [-0.3, -0.25) is 0 Å². The largest absolute Gasteiger partial charge is 0.491 e. The number of hydrogen-bond acceptors (Lipinski definition) is 4. The number of fused-ring (bicyclic) bond motifs is 1. The van der Waals surface area contributed by atoms with Crippen LogP contribution < -0.4 is 24.0 Å². The highest BCUT2D eigenvalue weighted by Gasteiger charge is 2.25. The van der Waals surface area contributed by atoms with Gasteiger partial charge >= 0.3 is 0 Å². The molecule has 2 aromatic rings. The molecule has 0 unspecified atom stereocenters.